The van der Waals surface area contributed by atoms with Gasteiger partial charge in [0.15, 0.2) is 0 Å². The Hall–Kier alpha value is -1.93. The maximum Gasteiger partial charge on any atom is -0.00474 e. The molecule has 0 atom stereocenters. The number of nitrogens with zero attached hydrogens (tertiary/aromatic N) is 3. The van der Waals surface area contributed by atoms with Crippen molar-refractivity contribution in [3.8, 4) is 5.75 Å². The monoisotopic (exact) mass is 781 g/mol. The van der Waals surface area contributed by atoms with E-state index in [1.54, 1.807) is 23.1 Å². The first-order valence-corrected chi connectivity index (χ1v) is 20.7. The topological polar surface area (TPSA) is 131 Å². The van der Waals surface area contributed by atoms with Gasteiger partial charge in [0.2, 0.25) is 0 Å². The molecule has 0 spiro atoms. The van der Waals surface area contributed by atoms with E-state index in [9.17, 15) is 25.9 Å². The molecule has 254 valence electrons. The van der Waals surface area contributed by atoms with Gasteiger partial charge in [-0.3, -0.25) is 0 Å². The van der Waals surface area contributed by atoms with E-state index >= 15 is 0 Å². The maximum absolute atomic E-state index is 11.3. The van der Waals surface area contributed by atoms with Crippen molar-refractivity contribution < 1.29 is 35.2 Å². The molecule has 1 aromatic heterocycles. The molecule has 0 saturated carbocycles. The van der Waals surface area contributed by atoms with Crippen LogP contribution in [0.5, 0.6) is 5.75 Å². The van der Waals surface area contributed by atoms with Crippen molar-refractivity contribution in [3.05, 3.63) is 68.5 Å². The van der Waals surface area contributed by atoms with Gasteiger partial charge in [0.1, 0.15) is 0 Å². The van der Waals surface area contributed by atoms with E-state index in [-0.39, 0.29) is 39.6 Å². The minimum atomic E-state index is -4.36. The summed E-state index contributed by atoms with van der Waals surface area (Å²) in [6, 6.07) is 10.8. The zero-order valence-electron chi connectivity index (χ0n) is 26.4. The van der Waals surface area contributed by atoms with Crippen LogP contribution in [0, 0.1) is 0 Å². The Morgan fingerprint density at radius 2 is 1.65 bits per heavy atom. The van der Waals surface area contributed by atoms with Crippen molar-refractivity contribution in [3.63, 3.8) is 0 Å². The fraction of sp³-hybridized carbons (Fsp3) is 0.452. The molecule has 10 nitrogen and oxygen atoms in total. The summed E-state index contributed by atoms with van der Waals surface area (Å²) in [5, 5.41) is 1.06. The van der Waals surface area contributed by atoms with Crippen LogP contribution in [0.2, 0.25) is 10.0 Å². The van der Waals surface area contributed by atoms with E-state index in [1.165, 1.54) is 19.6 Å². The molecule has 0 radical (unpaired) electrons. The number of aryl methyl sites for hydroxylation is 1. The molecule has 46 heavy (non-hydrogen) atoms. The van der Waals surface area contributed by atoms with Crippen molar-refractivity contribution in [1.29, 1.82) is 0 Å². The van der Waals surface area contributed by atoms with Gasteiger partial charge >= 0.3 is 245 Å². The largest absolute Gasteiger partial charge is 0.304 e. The van der Waals surface area contributed by atoms with E-state index in [4.69, 9.17) is 27.9 Å². The molecule has 1 aliphatic heterocycles. The van der Waals surface area contributed by atoms with Crippen LogP contribution in [0.1, 0.15) is 51.5 Å². The van der Waals surface area contributed by atoms with Crippen LogP contribution in [-0.2, 0) is 26.8 Å². The van der Waals surface area contributed by atoms with Crippen molar-refractivity contribution in [2.24, 2.45) is 0 Å². The normalized spacial score (nSPS) is 14.5. The average Bonchev–Trinajstić information content (AvgIpc) is 3.49. The molecule has 4 rings (SSSR count). The summed E-state index contributed by atoms with van der Waals surface area (Å²) in [6.07, 6.45) is 4.89. The minimum absolute atomic E-state index is 0.0772. The number of aromatic nitrogens is 1. The van der Waals surface area contributed by atoms with Crippen LogP contribution in [0.3, 0.4) is 0 Å². The molecular weight excluding hydrogens is 740 g/mol. The molecule has 1 N–H and O–H groups in total. The number of hydrogen-bond acceptors (Lipinski definition) is 8. The second-order valence-corrected chi connectivity index (χ2v) is 16.7. The second-order valence-electron chi connectivity index (χ2n) is 10.5. The van der Waals surface area contributed by atoms with Crippen molar-refractivity contribution in [2.75, 3.05) is 42.6 Å². The third-order valence-electron chi connectivity index (χ3n) is 7.31. The van der Waals surface area contributed by atoms with Gasteiger partial charge in [-0.05, 0) is 19.6 Å². The summed E-state index contributed by atoms with van der Waals surface area (Å²) in [7, 11) is -8.44. The number of ether oxygens (including phenoxy) is 1. The Balaban J connectivity index is 0.000000738. The van der Waals surface area contributed by atoms with E-state index in [0.717, 1.165) is 19.9 Å². The fourth-order valence-corrected chi connectivity index (χ4v) is 8.57. The molecule has 0 fully saturated rings. The standard InChI is InChI=1S/C25H26Cl2N2O7S2Se.C6H15N/c1-2-17(13-24-28(9-3-11-37(30,31)32)20-15-18(26)5-7-22(20)36-24)14-25-29(10-4-12-38(33,34)35)21-16-19(27)6-8-23(21)39-25;1-4-7(5-2)6-3/h5-8,13-16H,2-4,9-12H2,1H3,(H-,30,31,32,33,34,35);4-6H2,1-3H3. The Labute approximate surface area is 288 Å². The summed E-state index contributed by atoms with van der Waals surface area (Å²) >= 11 is 12.4. The minimum Gasteiger partial charge on any atom is -0.304 e. The van der Waals surface area contributed by atoms with Gasteiger partial charge in [0, 0.05) is 0 Å². The zero-order chi connectivity index (χ0) is 34.1. The predicted octanol–water partition coefficient (Wildman–Crippen LogP) is 5.59. The van der Waals surface area contributed by atoms with Crippen LogP contribution in [0.25, 0.3) is 15.9 Å². The Morgan fingerprint density at radius 1 is 1.00 bits per heavy atom. The quantitative estimate of drug-likeness (QED) is 0.127. The summed E-state index contributed by atoms with van der Waals surface area (Å²) in [6.45, 7) is 12.7. The van der Waals surface area contributed by atoms with Crippen molar-refractivity contribution >= 4 is 79.5 Å². The van der Waals surface area contributed by atoms with Gasteiger partial charge in [-0.1, -0.05) is 20.8 Å². The third kappa shape index (κ3) is 11.6. The van der Waals surface area contributed by atoms with E-state index in [1.807, 2.05) is 41.8 Å². The van der Waals surface area contributed by atoms with Gasteiger partial charge in [0.05, 0.1) is 0 Å². The van der Waals surface area contributed by atoms with Crippen molar-refractivity contribution in [1.82, 2.24) is 4.90 Å². The maximum atomic E-state index is 11.3. The van der Waals surface area contributed by atoms with Gasteiger partial charge in [0.25, 0.3) is 0 Å². The number of anilines is 1. The molecule has 0 saturated heterocycles. The first-order chi connectivity index (χ1) is 21.7. The van der Waals surface area contributed by atoms with Crippen molar-refractivity contribution in [2.45, 2.75) is 53.5 Å². The van der Waals surface area contributed by atoms with E-state index in [2.05, 4.69) is 25.7 Å². The molecule has 2 aromatic carbocycles. The molecule has 0 bridgehead atoms. The summed E-state index contributed by atoms with van der Waals surface area (Å²) in [5.74, 6) is 0.200. The molecule has 15 heteroatoms. The SMILES string of the molecule is CCC(/C=C1\Oc2ccc(Cl)cc2N1CCCS(=O)(=O)[O-])=C\c1[se]c2ccc(Cl)cc2[n+]1CCCS(=O)(=O)O.CCN(CC)CC. The zero-order valence-corrected chi connectivity index (χ0v) is 31.3. The molecule has 2 heterocycles. The number of allylic oxidation sites excluding steroid dienone is 2. The molecule has 1 aliphatic rings. The Bertz CT molecular complexity index is 1770. The van der Waals surface area contributed by atoms with E-state index < -0.39 is 26.0 Å². The van der Waals surface area contributed by atoms with Crippen LogP contribution in [-0.4, -0.2) is 83.0 Å². The van der Waals surface area contributed by atoms with Crippen LogP contribution in [0.4, 0.5) is 5.69 Å². The average molecular weight is 782 g/mol. The molecular formula is C31H41Cl2N3O7S2Se. The number of halogens is 2. The van der Waals surface area contributed by atoms with Crippen LogP contribution in [0.15, 0.2) is 53.9 Å². The summed E-state index contributed by atoms with van der Waals surface area (Å²) in [5.41, 5.74) is 2.51. The van der Waals surface area contributed by atoms with Gasteiger partial charge < -0.3 is 4.90 Å². The number of rotatable bonds is 14. The Kier molecular flexibility index (Phi) is 14.6. The number of hydrogen-bond donors (Lipinski definition) is 1. The first kappa shape index (κ1) is 38.5. The van der Waals surface area contributed by atoms with E-state index in [0.29, 0.717) is 40.3 Å². The van der Waals surface area contributed by atoms with Crippen LogP contribution >= 0.6 is 23.2 Å². The molecule has 0 unspecified atom stereocenters. The Morgan fingerprint density at radius 3 is 2.24 bits per heavy atom. The van der Waals surface area contributed by atoms with Gasteiger partial charge in [-0.15, -0.1) is 0 Å². The fourth-order valence-electron chi connectivity index (χ4n) is 4.86. The smallest absolute Gasteiger partial charge is 0.00474 e. The molecule has 3 aromatic rings. The summed E-state index contributed by atoms with van der Waals surface area (Å²) < 4.78 is 75.5. The second kappa shape index (κ2) is 17.5. The number of fused-ring (bicyclic) bond motifs is 2. The third-order valence-corrected chi connectivity index (χ3v) is 11.7. The van der Waals surface area contributed by atoms with Crippen LogP contribution < -0.4 is 14.2 Å². The summed E-state index contributed by atoms with van der Waals surface area (Å²) in [4.78, 5) is 4.18. The number of benzene rings is 2. The first-order valence-electron chi connectivity index (χ1n) is 15.1. The van der Waals surface area contributed by atoms with Gasteiger partial charge in [-0.2, -0.15) is 0 Å². The van der Waals surface area contributed by atoms with Gasteiger partial charge in [-0.25, -0.2) is 0 Å². The molecule has 0 amide bonds. The predicted molar refractivity (Wildman–Crippen MR) is 186 cm³/mol. The molecule has 0 aliphatic carbocycles.